The predicted octanol–water partition coefficient (Wildman–Crippen LogP) is 1.60. The monoisotopic (exact) mass is 318 g/mol. The fourth-order valence-electron chi connectivity index (χ4n) is 3.00. The Labute approximate surface area is 131 Å². The van der Waals surface area contributed by atoms with Crippen LogP contribution in [0, 0.1) is 0 Å². The number of hydrogen-bond donors (Lipinski definition) is 2. The molecule has 0 aliphatic carbocycles. The highest BCUT2D eigenvalue weighted by Gasteiger charge is 2.23. The van der Waals surface area contributed by atoms with Gasteiger partial charge in [-0.25, -0.2) is 4.98 Å². The van der Waals surface area contributed by atoms with Crippen molar-refractivity contribution < 1.29 is 4.74 Å². The van der Waals surface area contributed by atoms with Crippen LogP contribution in [0.4, 0.5) is 0 Å². The molecule has 8 heteroatoms. The zero-order valence-electron chi connectivity index (χ0n) is 12.2. The molecular formula is C14H18N6OS. The van der Waals surface area contributed by atoms with Crippen LogP contribution in [0.15, 0.2) is 17.9 Å². The van der Waals surface area contributed by atoms with Crippen molar-refractivity contribution in [3.05, 3.63) is 29.2 Å². The van der Waals surface area contributed by atoms with Crippen molar-refractivity contribution in [1.29, 1.82) is 0 Å². The van der Waals surface area contributed by atoms with Gasteiger partial charge in [0, 0.05) is 25.2 Å². The summed E-state index contributed by atoms with van der Waals surface area (Å²) in [6, 6.07) is 0. The van der Waals surface area contributed by atoms with Gasteiger partial charge in [0.15, 0.2) is 0 Å². The summed E-state index contributed by atoms with van der Waals surface area (Å²) in [5.41, 5.74) is 5.09. The number of ether oxygens (including phenoxy) is 1. The van der Waals surface area contributed by atoms with E-state index in [9.17, 15) is 0 Å². The van der Waals surface area contributed by atoms with Gasteiger partial charge < -0.3 is 9.72 Å². The van der Waals surface area contributed by atoms with Gasteiger partial charge in [0.1, 0.15) is 5.65 Å². The molecule has 3 aromatic heterocycles. The summed E-state index contributed by atoms with van der Waals surface area (Å²) in [6.45, 7) is 4.71. The Bertz CT molecular complexity index is 715. The maximum atomic E-state index is 5.42. The molecule has 1 unspecified atom stereocenters. The Morgan fingerprint density at radius 1 is 1.36 bits per heavy atom. The summed E-state index contributed by atoms with van der Waals surface area (Å²) in [5.74, 6) is 0.232. The first kappa shape index (κ1) is 13.9. The standard InChI is InChI=1S/C14H18N6OS/c1(2-20-3-5-21-6-4-20)10(12-8-17-19-18-12)11-7-15-14-13(11)22-9-16-14/h7-10,15H,1-6H2,(H,17,18,19). The topological polar surface area (TPSA) is 82.7 Å². The molecule has 3 aromatic rings. The molecule has 4 heterocycles. The van der Waals surface area contributed by atoms with Crippen LogP contribution in [0.5, 0.6) is 0 Å². The third kappa shape index (κ3) is 2.65. The predicted molar refractivity (Wildman–Crippen MR) is 84.1 cm³/mol. The van der Waals surface area contributed by atoms with Crippen molar-refractivity contribution in [1.82, 2.24) is 30.3 Å². The molecule has 116 valence electrons. The summed E-state index contributed by atoms with van der Waals surface area (Å²) < 4.78 is 6.64. The SMILES string of the molecule is c1nc2[nH]cc(C(CCN3CCOCC3)c3cn[nH]n3)c2s1. The summed E-state index contributed by atoms with van der Waals surface area (Å²) in [7, 11) is 0. The number of nitrogens with one attached hydrogen (secondary N) is 2. The molecule has 4 rings (SSSR count). The Balaban J connectivity index is 1.58. The van der Waals surface area contributed by atoms with Crippen LogP contribution in [-0.4, -0.2) is 63.1 Å². The van der Waals surface area contributed by atoms with Crippen LogP contribution in [0.2, 0.25) is 0 Å². The third-order valence-corrected chi connectivity index (χ3v) is 5.07. The van der Waals surface area contributed by atoms with E-state index in [0.717, 1.165) is 50.6 Å². The second-order valence-corrected chi connectivity index (χ2v) is 6.32. The van der Waals surface area contributed by atoms with E-state index in [1.165, 1.54) is 10.3 Å². The number of thiazole rings is 1. The lowest BCUT2D eigenvalue weighted by Gasteiger charge is -2.27. The molecule has 1 atom stereocenters. The van der Waals surface area contributed by atoms with E-state index in [1.54, 1.807) is 11.3 Å². The Hall–Kier alpha value is -1.77. The van der Waals surface area contributed by atoms with Crippen LogP contribution in [-0.2, 0) is 4.74 Å². The van der Waals surface area contributed by atoms with Gasteiger partial charge >= 0.3 is 0 Å². The number of morpholine rings is 1. The highest BCUT2D eigenvalue weighted by atomic mass is 32.1. The van der Waals surface area contributed by atoms with Crippen molar-refractivity contribution in [3.8, 4) is 0 Å². The van der Waals surface area contributed by atoms with Gasteiger partial charge in [0.2, 0.25) is 0 Å². The van der Waals surface area contributed by atoms with Gasteiger partial charge in [-0.15, -0.1) is 11.3 Å². The molecule has 0 bridgehead atoms. The second kappa shape index (κ2) is 6.15. The molecule has 1 aliphatic rings. The minimum atomic E-state index is 0.232. The van der Waals surface area contributed by atoms with Gasteiger partial charge in [0.25, 0.3) is 0 Å². The van der Waals surface area contributed by atoms with Crippen molar-refractivity contribution in [3.63, 3.8) is 0 Å². The number of rotatable bonds is 5. The van der Waals surface area contributed by atoms with Crippen molar-refractivity contribution in [2.75, 3.05) is 32.8 Å². The van der Waals surface area contributed by atoms with Crippen LogP contribution in [0.25, 0.3) is 10.3 Å². The van der Waals surface area contributed by atoms with Gasteiger partial charge in [-0.3, -0.25) is 4.90 Å². The zero-order valence-corrected chi connectivity index (χ0v) is 13.0. The van der Waals surface area contributed by atoms with E-state index >= 15 is 0 Å². The van der Waals surface area contributed by atoms with Gasteiger partial charge in [-0.2, -0.15) is 15.4 Å². The Morgan fingerprint density at radius 2 is 2.27 bits per heavy atom. The lowest BCUT2D eigenvalue weighted by molar-refractivity contribution is 0.0369. The van der Waals surface area contributed by atoms with Crippen molar-refractivity contribution in [2.24, 2.45) is 0 Å². The normalized spacial score (nSPS) is 18.0. The second-order valence-electron chi connectivity index (χ2n) is 5.46. The molecule has 0 aromatic carbocycles. The number of H-pyrrole nitrogens is 2. The molecular weight excluding hydrogens is 300 g/mol. The van der Waals surface area contributed by atoms with E-state index in [2.05, 4.69) is 36.5 Å². The maximum Gasteiger partial charge on any atom is 0.148 e. The minimum absolute atomic E-state index is 0.232. The smallest absolute Gasteiger partial charge is 0.148 e. The van der Waals surface area contributed by atoms with Gasteiger partial charge in [0.05, 0.1) is 35.3 Å². The molecule has 0 amide bonds. The molecule has 1 fully saturated rings. The number of fused-ring (bicyclic) bond motifs is 1. The van der Waals surface area contributed by atoms with Gasteiger partial charge in [-0.1, -0.05) is 0 Å². The molecule has 1 aliphatic heterocycles. The minimum Gasteiger partial charge on any atom is -0.379 e. The number of aromatic amines is 2. The molecule has 22 heavy (non-hydrogen) atoms. The summed E-state index contributed by atoms with van der Waals surface area (Å²) in [5, 5.41) is 11.0. The lowest BCUT2D eigenvalue weighted by atomic mass is 9.95. The largest absolute Gasteiger partial charge is 0.379 e. The van der Waals surface area contributed by atoms with E-state index in [-0.39, 0.29) is 5.92 Å². The van der Waals surface area contributed by atoms with Crippen molar-refractivity contribution >= 4 is 21.7 Å². The quantitative estimate of drug-likeness (QED) is 0.746. The first-order chi connectivity index (χ1) is 10.9. The molecule has 0 radical (unpaired) electrons. The average molecular weight is 318 g/mol. The van der Waals surface area contributed by atoms with Crippen LogP contribution in [0.3, 0.4) is 0 Å². The Morgan fingerprint density at radius 3 is 3.09 bits per heavy atom. The fourth-order valence-corrected chi connectivity index (χ4v) is 3.83. The lowest BCUT2D eigenvalue weighted by Crippen LogP contribution is -2.37. The van der Waals surface area contributed by atoms with E-state index < -0.39 is 0 Å². The fraction of sp³-hybridized carbons (Fsp3) is 0.500. The maximum absolute atomic E-state index is 5.42. The highest BCUT2D eigenvalue weighted by molar-refractivity contribution is 7.16. The van der Waals surface area contributed by atoms with E-state index in [4.69, 9.17) is 4.74 Å². The zero-order chi connectivity index (χ0) is 14.8. The first-order valence-electron chi connectivity index (χ1n) is 7.48. The van der Waals surface area contributed by atoms with E-state index in [0.29, 0.717) is 0 Å². The molecule has 1 saturated heterocycles. The third-order valence-electron chi connectivity index (χ3n) is 4.20. The van der Waals surface area contributed by atoms with Crippen molar-refractivity contribution in [2.45, 2.75) is 12.3 Å². The summed E-state index contributed by atoms with van der Waals surface area (Å²) >= 11 is 1.67. The molecule has 0 spiro atoms. The summed E-state index contributed by atoms with van der Waals surface area (Å²) in [6.07, 6.45) is 4.90. The molecule has 7 nitrogen and oxygen atoms in total. The van der Waals surface area contributed by atoms with Crippen LogP contribution < -0.4 is 0 Å². The van der Waals surface area contributed by atoms with Crippen LogP contribution >= 0.6 is 11.3 Å². The summed E-state index contributed by atoms with van der Waals surface area (Å²) in [4.78, 5) is 10.1. The van der Waals surface area contributed by atoms with Gasteiger partial charge in [-0.05, 0) is 18.5 Å². The Kier molecular flexibility index (Phi) is 3.88. The highest BCUT2D eigenvalue weighted by Crippen LogP contribution is 2.34. The van der Waals surface area contributed by atoms with E-state index in [1.807, 2.05) is 11.7 Å². The van der Waals surface area contributed by atoms with Crippen LogP contribution in [0.1, 0.15) is 23.6 Å². The first-order valence-corrected chi connectivity index (χ1v) is 8.36. The average Bonchev–Trinajstić information content (AvgIpc) is 3.27. The molecule has 2 N–H and O–H groups in total. The number of hydrogen-bond acceptors (Lipinski definition) is 6. The number of aromatic nitrogens is 5. The molecule has 0 saturated carbocycles. The number of nitrogens with zero attached hydrogens (tertiary/aromatic N) is 4.